The van der Waals surface area contributed by atoms with Gasteiger partial charge in [-0.25, -0.2) is 0 Å². The van der Waals surface area contributed by atoms with Gasteiger partial charge < -0.3 is 19.5 Å². The van der Waals surface area contributed by atoms with Crippen molar-refractivity contribution in [2.24, 2.45) is 10.9 Å². The van der Waals surface area contributed by atoms with Gasteiger partial charge in [-0.3, -0.25) is 9.79 Å². The molecule has 0 amide bonds. The molecule has 1 atom stereocenters. The van der Waals surface area contributed by atoms with Gasteiger partial charge in [-0.1, -0.05) is 36.4 Å². The van der Waals surface area contributed by atoms with Gasteiger partial charge in [0.25, 0.3) is 0 Å². The Balaban J connectivity index is 1.32. The van der Waals surface area contributed by atoms with E-state index in [1.807, 2.05) is 37.5 Å². The van der Waals surface area contributed by atoms with Crippen LogP contribution in [0, 0.1) is 5.92 Å². The zero-order valence-electron chi connectivity index (χ0n) is 17.3. The molecular weight excluding hydrogens is 364 g/mol. The maximum absolute atomic E-state index is 11.7. The summed E-state index contributed by atoms with van der Waals surface area (Å²) in [6.45, 7) is 5.07. The molecule has 0 bridgehead atoms. The number of likely N-dealkylation sites (tertiary alicyclic amines) is 1. The Morgan fingerprint density at radius 1 is 1.17 bits per heavy atom. The van der Waals surface area contributed by atoms with E-state index < -0.39 is 0 Å². The van der Waals surface area contributed by atoms with E-state index in [1.165, 1.54) is 5.56 Å². The van der Waals surface area contributed by atoms with Crippen LogP contribution in [0.25, 0.3) is 0 Å². The average Bonchev–Trinajstić information content (AvgIpc) is 3.21. The van der Waals surface area contributed by atoms with Crippen LogP contribution >= 0.6 is 0 Å². The first kappa shape index (κ1) is 21.1. The van der Waals surface area contributed by atoms with Gasteiger partial charge in [0.15, 0.2) is 5.96 Å². The van der Waals surface area contributed by atoms with Crippen LogP contribution in [-0.2, 0) is 17.9 Å². The molecule has 6 nitrogen and oxygen atoms in total. The Kier molecular flexibility index (Phi) is 8.31. The monoisotopic (exact) mass is 396 g/mol. The van der Waals surface area contributed by atoms with Crippen molar-refractivity contribution >= 4 is 5.96 Å². The first-order valence-corrected chi connectivity index (χ1v) is 10.5. The molecule has 1 unspecified atom stereocenters. The number of pyridine rings is 1. The summed E-state index contributed by atoms with van der Waals surface area (Å²) in [7, 11) is 1.84. The predicted octanol–water partition coefficient (Wildman–Crippen LogP) is 2.74. The molecule has 1 aliphatic heterocycles. The molecule has 0 saturated carbocycles. The van der Waals surface area contributed by atoms with E-state index in [0.717, 1.165) is 58.0 Å². The number of guanidine groups is 1. The number of aryl methyl sites for hydroxylation is 1. The molecule has 1 aromatic carbocycles. The Morgan fingerprint density at radius 3 is 2.79 bits per heavy atom. The van der Waals surface area contributed by atoms with Crippen molar-refractivity contribution in [1.29, 1.82) is 0 Å². The molecule has 1 N–H and O–H groups in total. The second-order valence-electron chi connectivity index (χ2n) is 7.51. The summed E-state index contributed by atoms with van der Waals surface area (Å²) < 4.78 is 7.67. The molecule has 6 heteroatoms. The van der Waals surface area contributed by atoms with E-state index in [4.69, 9.17) is 4.74 Å². The molecule has 1 fully saturated rings. The van der Waals surface area contributed by atoms with Gasteiger partial charge in [-0.15, -0.1) is 0 Å². The highest BCUT2D eigenvalue weighted by atomic mass is 16.5. The smallest absolute Gasteiger partial charge is 0.250 e. The van der Waals surface area contributed by atoms with Gasteiger partial charge in [0.1, 0.15) is 0 Å². The highest BCUT2D eigenvalue weighted by Crippen LogP contribution is 2.17. The predicted molar refractivity (Wildman–Crippen MR) is 117 cm³/mol. The lowest BCUT2D eigenvalue weighted by atomic mass is 10.1. The average molecular weight is 397 g/mol. The molecule has 1 saturated heterocycles. The van der Waals surface area contributed by atoms with Gasteiger partial charge in [0.2, 0.25) is 5.56 Å². The van der Waals surface area contributed by atoms with E-state index >= 15 is 0 Å². The fraction of sp³-hybridized carbons (Fsp3) is 0.478. The lowest BCUT2D eigenvalue weighted by Crippen LogP contribution is -2.40. The molecule has 0 spiro atoms. The van der Waals surface area contributed by atoms with E-state index in [2.05, 4.69) is 27.3 Å². The summed E-state index contributed by atoms with van der Waals surface area (Å²) in [5, 5.41) is 3.46. The van der Waals surface area contributed by atoms with E-state index in [1.54, 1.807) is 16.7 Å². The number of unbranched alkanes of at least 4 members (excludes halogenated alkanes) is 1. The van der Waals surface area contributed by atoms with Crippen LogP contribution in [0.4, 0.5) is 0 Å². The fourth-order valence-corrected chi connectivity index (χ4v) is 3.66. The number of hydrogen-bond donors (Lipinski definition) is 1. The molecule has 1 aliphatic rings. The number of nitrogens with one attached hydrogen (secondary N) is 1. The summed E-state index contributed by atoms with van der Waals surface area (Å²) >= 11 is 0. The number of ether oxygens (including phenoxy) is 1. The molecule has 2 aromatic rings. The highest BCUT2D eigenvalue weighted by Gasteiger charge is 2.24. The number of aliphatic imine (C=N–C) groups is 1. The fourth-order valence-electron chi connectivity index (χ4n) is 3.66. The van der Waals surface area contributed by atoms with Crippen molar-refractivity contribution < 1.29 is 4.74 Å². The summed E-state index contributed by atoms with van der Waals surface area (Å²) in [6, 6.07) is 15.6. The molecule has 1 aromatic heterocycles. The van der Waals surface area contributed by atoms with Gasteiger partial charge in [-0.2, -0.15) is 0 Å². The summed E-state index contributed by atoms with van der Waals surface area (Å²) in [6.07, 6.45) is 4.94. The second kappa shape index (κ2) is 11.4. The third kappa shape index (κ3) is 6.75. The highest BCUT2D eigenvalue weighted by molar-refractivity contribution is 5.80. The minimum atomic E-state index is 0.0638. The zero-order chi connectivity index (χ0) is 20.3. The standard InChI is InChI=1S/C23H32N4O2/c1-24-23(25-13-6-8-15-26-14-7-5-11-22(26)28)27-16-12-21(17-27)19-29-18-20-9-3-2-4-10-20/h2-5,7,9-11,14,21H,6,8,12-13,15-19H2,1H3,(H,24,25). The summed E-state index contributed by atoms with van der Waals surface area (Å²) in [5.41, 5.74) is 1.28. The van der Waals surface area contributed by atoms with Crippen LogP contribution in [0.3, 0.4) is 0 Å². The molecule has 0 aliphatic carbocycles. The lowest BCUT2D eigenvalue weighted by molar-refractivity contribution is 0.0907. The Morgan fingerprint density at radius 2 is 2.00 bits per heavy atom. The van der Waals surface area contributed by atoms with Crippen molar-refractivity contribution in [3.8, 4) is 0 Å². The molecular formula is C23H32N4O2. The number of aromatic nitrogens is 1. The van der Waals surface area contributed by atoms with Crippen LogP contribution in [0.1, 0.15) is 24.8 Å². The van der Waals surface area contributed by atoms with Gasteiger partial charge in [-0.05, 0) is 30.9 Å². The number of hydrogen-bond acceptors (Lipinski definition) is 3. The van der Waals surface area contributed by atoms with Crippen molar-refractivity contribution in [1.82, 2.24) is 14.8 Å². The van der Waals surface area contributed by atoms with Crippen LogP contribution in [0.5, 0.6) is 0 Å². The van der Waals surface area contributed by atoms with E-state index in [0.29, 0.717) is 12.5 Å². The largest absolute Gasteiger partial charge is 0.376 e. The molecule has 156 valence electrons. The van der Waals surface area contributed by atoms with Crippen molar-refractivity contribution in [3.05, 3.63) is 70.6 Å². The van der Waals surface area contributed by atoms with E-state index in [-0.39, 0.29) is 5.56 Å². The Labute approximate surface area is 173 Å². The van der Waals surface area contributed by atoms with Gasteiger partial charge >= 0.3 is 0 Å². The van der Waals surface area contributed by atoms with Crippen LogP contribution in [0.2, 0.25) is 0 Å². The molecule has 3 rings (SSSR count). The van der Waals surface area contributed by atoms with Crippen molar-refractivity contribution in [2.45, 2.75) is 32.4 Å². The maximum Gasteiger partial charge on any atom is 0.250 e. The first-order chi connectivity index (χ1) is 14.3. The SMILES string of the molecule is CN=C(NCCCCn1ccccc1=O)N1CCC(COCc2ccccc2)C1. The van der Waals surface area contributed by atoms with Crippen LogP contribution in [-0.4, -0.2) is 48.7 Å². The number of nitrogens with zero attached hydrogens (tertiary/aromatic N) is 3. The minimum absolute atomic E-state index is 0.0638. The van der Waals surface area contributed by atoms with Crippen molar-refractivity contribution in [2.75, 3.05) is 33.3 Å². The normalized spacial score (nSPS) is 16.9. The van der Waals surface area contributed by atoms with E-state index in [9.17, 15) is 4.79 Å². The van der Waals surface area contributed by atoms with Crippen molar-refractivity contribution in [3.63, 3.8) is 0 Å². The number of rotatable bonds is 9. The third-order valence-electron chi connectivity index (χ3n) is 5.27. The third-order valence-corrected chi connectivity index (χ3v) is 5.27. The Bertz CT molecular complexity index is 819. The quantitative estimate of drug-likeness (QED) is 0.402. The zero-order valence-corrected chi connectivity index (χ0v) is 17.3. The summed E-state index contributed by atoms with van der Waals surface area (Å²) in [5.74, 6) is 1.51. The second-order valence-corrected chi connectivity index (χ2v) is 7.51. The molecule has 2 heterocycles. The van der Waals surface area contributed by atoms with Crippen LogP contribution in [0.15, 0.2) is 64.5 Å². The number of benzene rings is 1. The topological polar surface area (TPSA) is 58.9 Å². The molecule has 29 heavy (non-hydrogen) atoms. The first-order valence-electron chi connectivity index (χ1n) is 10.5. The minimum Gasteiger partial charge on any atom is -0.376 e. The van der Waals surface area contributed by atoms with Crippen LogP contribution < -0.4 is 10.9 Å². The lowest BCUT2D eigenvalue weighted by Gasteiger charge is -2.21. The van der Waals surface area contributed by atoms with Gasteiger partial charge in [0.05, 0.1) is 13.2 Å². The molecule has 0 radical (unpaired) electrons. The summed E-state index contributed by atoms with van der Waals surface area (Å²) in [4.78, 5) is 18.5. The Hall–Kier alpha value is -2.60. The maximum atomic E-state index is 11.7. The van der Waals surface area contributed by atoms with Gasteiger partial charge in [0, 0.05) is 51.4 Å².